The number of hydrogen-bond acceptors (Lipinski definition) is 7. The number of halogens is 3. The molecule has 0 bridgehead atoms. The Balaban J connectivity index is 1.64. The van der Waals surface area contributed by atoms with E-state index in [0.717, 1.165) is 31.5 Å². The third-order valence-corrected chi connectivity index (χ3v) is 4.28. The van der Waals surface area contributed by atoms with Crippen molar-refractivity contribution in [3.63, 3.8) is 0 Å². The van der Waals surface area contributed by atoms with Crippen molar-refractivity contribution >= 4 is 17.4 Å². The maximum Gasteiger partial charge on any atom is 0.574 e. The quantitative estimate of drug-likeness (QED) is 0.687. The molecule has 1 fully saturated rings. The molecule has 2 aromatic heterocycles. The molecule has 28 heavy (non-hydrogen) atoms. The van der Waals surface area contributed by atoms with Crippen molar-refractivity contribution in [3.8, 4) is 5.88 Å². The summed E-state index contributed by atoms with van der Waals surface area (Å²) in [6.07, 6.45) is 1.17. The fraction of sp³-hybridized carbons (Fsp3) is 0.412. The smallest absolute Gasteiger partial charge is 0.393 e. The first kappa shape index (κ1) is 19.8. The van der Waals surface area contributed by atoms with Crippen LogP contribution in [0.25, 0.3) is 0 Å². The van der Waals surface area contributed by atoms with Crippen LogP contribution in [0, 0.1) is 5.92 Å². The number of aliphatic hydroxyl groups excluding tert-OH is 1. The fourth-order valence-electron chi connectivity index (χ4n) is 2.94. The van der Waals surface area contributed by atoms with Gasteiger partial charge in [-0.1, -0.05) is 6.42 Å². The summed E-state index contributed by atoms with van der Waals surface area (Å²) in [5.74, 6) is -0.913. The summed E-state index contributed by atoms with van der Waals surface area (Å²) in [6, 6.07) is 2.21. The molecule has 1 saturated carbocycles. The number of hydrogen-bond donors (Lipinski definition) is 3. The summed E-state index contributed by atoms with van der Waals surface area (Å²) in [5.41, 5.74) is 0.188. The van der Waals surface area contributed by atoms with Gasteiger partial charge in [0.25, 0.3) is 5.91 Å². The van der Waals surface area contributed by atoms with Crippen molar-refractivity contribution in [1.82, 2.24) is 15.0 Å². The Labute approximate surface area is 158 Å². The van der Waals surface area contributed by atoms with Gasteiger partial charge in [0.05, 0.1) is 18.0 Å². The third-order valence-electron chi connectivity index (χ3n) is 4.28. The molecule has 3 rings (SSSR count). The third kappa shape index (κ3) is 5.28. The zero-order chi connectivity index (χ0) is 20.1. The molecule has 0 radical (unpaired) electrons. The molecule has 11 heteroatoms. The molecule has 1 aliphatic rings. The van der Waals surface area contributed by atoms with E-state index in [1.54, 1.807) is 0 Å². The van der Waals surface area contributed by atoms with Crippen LogP contribution < -0.4 is 15.4 Å². The van der Waals surface area contributed by atoms with Crippen molar-refractivity contribution in [2.45, 2.75) is 31.7 Å². The second-order valence-corrected chi connectivity index (χ2v) is 6.28. The number of carbonyl (C=O) groups excluding carboxylic acids is 1. The largest absolute Gasteiger partial charge is 0.574 e. The minimum Gasteiger partial charge on any atom is -0.393 e. The molecule has 8 nitrogen and oxygen atoms in total. The van der Waals surface area contributed by atoms with E-state index in [1.807, 2.05) is 0 Å². The summed E-state index contributed by atoms with van der Waals surface area (Å²) < 4.78 is 40.1. The van der Waals surface area contributed by atoms with Gasteiger partial charge in [0.1, 0.15) is 0 Å². The van der Waals surface area contributed by atoms with Crippen LogP contribution in [0.5, 0.6) is 5.88 Å². The lowest BCUT2D eigenvalue weighted by molar-refractivity contribution is -0.276. The first-order valence-corrected chi connectivity index (χ1v) is 8.58. The Kier molecular flexibility index (Phi) is 5.93. The van der Waals surface area contributed by atoms with E-state index in [4.69, 9.17) is 0 Å². The van der Waals surface area contributed by atoms with E-state index >= 15 is 0 Å². The van der Waals surface area contributed by atoms with Gasteiger partial charge in [-0.05, 0) is 18.9 Å². The second-order valence-electron chi connectivity index (χ2n) is 6.28. The number of carbonyl (C=O) groups is 1. The Morgan fingerprint density at radius 2 is 2.00 bits per heavy atom. The van der Waals surface area contributed by atoms with Crippen LogP contribution >= 0.6 is 0 Å². The molecular weight excluding hydrogens is 379 g/mol. The zero-order valence-electron chi connectivity index (χ0n) is 14.6. The number of anilines is 2. The number of amides is 1. The van der Waals surface area contributed by atoms with Crippen molar-refractivity contribution in [2.24, 2.45) is 5.92 Å². The molecule has 1 aliphatic carbocycles. The number of ether oxygens (including phenoxy) is 1. The molecule has 1 amide bonds. The van der Waals surface area contributed by atoms with Crippen LogP contribution in [-0.2, 0) is 0 Å². The minimum atomic E-state index is -4.84. The Bertz CT molecular complexity index is 816. The summed E-state index contributed by atoms with van der Waals surface area (Å²) in [7, 11) is 0. The van der Waals surface area contributed by atoms with Gasteiger partial charge >= 0.3 is 6.36 Å². The van der Waals surface area contributed by atoms with Crippen LogP contribution in [0.15, 0.2) is 30.7 Å². The maximum atomic E-state index is 12.5. The van der Waals surface area contributed by atoms with Crippen LogP contribution in [-0.4, -0.2) is 45.0 Å². The number of nitrogens with one attached hydrogen (secondary N) is 2. The summed E-state index contributed by atoms with van der Waals surface area (Å²) in [6.45, 7) is 0.450. The average Bonchev–Trinajstić information content (AvgIpc) is 3.05. The second kappa shape index (κ2) is 8.38. The van der Waals surface area contributed by atoms with Crippen LogP contribution in [0.1, 0.15) is 29.8 Å². The molecule has 3 N–H and O–H groups in total. The highest BCUT2D eigenvalue weighted by atomic mass is 19.4. The molecule has 2 aromatic rings. The van der Waals surface area contributed by atoms with E-state index in [2.05, 4.69) is 30.3 Å². The molecule has 150 valence electrons. The van der Waals surface area contributed by atoms with Gasteiger partial charge in [0.15, 0.2) is 11.5 Å². The molecule has 0 spiro atoms. The van der Waals surface area contributed by atoms with Crippen LogP contribution in [0.2, 0.25) is 0 Å². The number of aliphatic hydroxyl groups is 1. The Hall–Kier alpha value is -2.95. The first-order chi connectivity index (χ1) is 13.3. The number of nitrogens with zero attached hydrogens (tertiary/aromatic N) is 3. The van der Waals surface area contributed by atoms with Gasteiger partial charge in [-0.15, -0.1) is 13.2 Å². The molecular formula is C17H18F3N5O3. The highest BCUT2D eigenvalue weighted by Gasteiger charge is 2.31. The van der Waals surface area contributed by atoms with E-state index < -0.39 is 18.1 Å². The van der Waals surface area contributed by atoms with Gasteiger partial charge in [-0.3, -0.25) is 4.79 Å². The Morgan fingerprint density at radius 3 is 2.64 bits per heavy atom. The summed E-state index contributed by atoms with van der Waals surface area (Å²) in [4.78, 5) is 24.1. The average molecular weight is 397 g/mol. The van der Waals surface area contributed by atoms with Gasteiger partial charge in [-0.25, -0.2) is 15.0 Å². The predicted octanol–water partition coefficient (Wildman–Crippen LogP) is 2.60. The van der Waals surface area contributed by atoms with E-state index in [1.165, 1.54) is 18.5 Å². The lowest BCUT2D eigenvalue weighted by Crippen LogP contribution is -2.24. The van der Waals surface area contributed by atoms with Crippen LogP contribution in [0.4, 0.5) is 24.7 Å². The van der Waals surface area contributed by atoms with Gasteiger partial charge in [-0.2, -0.15) is 0 Å². The summed E-state index contributed by atoms with van der Waals surface area (Å²) in [5, 5.41) is 15.4. The SMILES string of the molecule is O=C(Nc1ccc(OC(F)(F)F)nc1)c1nccnc1NC[C@@H]1CCC[C@@H]1O. The Morgan fingerprint density at radius 1 is 1.21 bits per heavy atom. The number of rotatable bonds is 6. The van der Waals surface area contributed by atoms with Gasteiger partial charge < -0.3 is 20.5 Å². The molecule has 2 atom stereocenters. The number of alkyl halides is 3. The van der Waals surface area contributed by atoms with Crippen molar-refractivity contribution < 1.29 is 27.8 Å². The number of pyridine rings is 1. The molecule has 2 heterocycles. The molecule has 0 unspecified atom stereocenters. The standard InChI is InChI=1S/C17H18F3N5O3/c18-17(19,20)28-13-5-4-11(9-23-13)25-16(27)14-15(22-7-6-21-14)24-8-10-2-1-3-12(10)26/h4-7,9-10,12,26H,1-3,8H2,(H,22,24)(H,25,27)/t10-,12-/m0/s1. The molecule has 0 saturated heterocycles. The van der Waals surface area contributed by atoms with Crippen molar-refractivity contribution in [2.75, 3.05) is 17.2 Å². The fourth-order valence-corrected chi connectivity index (χ4v) is 2.94. The van der Waals surface area contributed by atoms with Crippen LogP contribution in [0.3, 0.4) is 0 Å². The summed E-state index contributed by atoms with van der Waals surface area (Å²) >= 11 is 0. The molecule has 0 aliphatic heterocycles. The predicted molar refractivity (Wildman–Crippen MR) is 92.7 cm³/mol. The zero-order valence-corrected chi connectivity index (χ0v) is 14.6. The highest BCUT2D eigenvalue weighted by Crippen LogP contribution is 2.26. The lowest BCUT2D eigenvalue weighted by Gasteiger charge is -2.16. The van der Waals surface area contributed by atoms with E-state index in [-0.39, 0.29) is 29.2 Å². The normalized spacial score (nSPS) is 19.3. The van der Waals surface area contributed by atoms with E-state index in [0.29, 0.717) is 6.54 Å². The topological polar surface area (TPSA) is 109 Å². The van der Waals surface area contributed by atoms with Gasteiger partial charge in [0, 0.05) is 30.9 Å². The highest BCUT2D eigenvalue weighted by molar-refractivity contribution is 6.05. The maximum absolute atomic E-state index is 12.5. The monoisotopic (exact) mass is 397 g/mol. The van der Waals surface area contributed by atoms with E-state index in [9.17, 15) is 23.1 Å². The van der Waals surface area contributed by atoms with Crippen molar-refractivity contribution in [3.05, 3.63) is 36.4 Å². The molecule has 0 aromatic carbocycles. The number of aromatic nitrogens is 3. The lowest BCUT2D eigenvalue weighted by atomic mass is 10.1. The van der Waals surface area contributed by atoms with Gasteiger partial charge in [0.2, 0.25) is 5.88 Å². The minimum absolute atomic E-state index is 0.0191. The first-order valence-electron chi connectivity index (χ1n) is 8.58. The van der Waals surface area contributed by atoms with Crippen molar-refractivity contribution in [1.29, 1.82) is 0 Å².